The molecule has 0 aliphatic carbocycles. The first kappa shape index (κ1) is 12.8. The Morgan fingerprint density at radius 3 is 2.59 bits per heavy atom. The van der Waals surface area contributed by atoms with E-state index in [0.717, 1.165) is 13.3 Å². The van der Waals surface area contributed by atoms with Crippen LogP contribution in [0.25, 0.3) is 0 Å². The van der Waals surface area contributed by atoms with Crippen LogP contribution in [0.2, 0.25) is 0 Å². The number of methoxy groups -OCH3 is 1. The van der Waals surface area contributed by atoms with Crippen molar-refractivity contribution in [1.82, 2.24) is 4.98 Å². The van der Waals surface area contributed by atoms with Gasteiger partial charge in [-0.1, -0.05) is 0 Å². The maximum Gasteiger partial charge on any atom is 0.573 e. The lowest BCUT2D eigenvalue weighted by atomic mass is 10.1. The Kier molecular flexibility index (Phi) is 3.52. The number of pyridine rings is 1. The number of hydrogen-bond acceptors (Lipinski definition) is 5. The molecule has 1 aromatic heterocycles. The van der Waals surface area contributed by atoms with Crippen molar-refractivity contribution in [1.29, 1.82) is 5.26 Å². The van der Waals surface area contributed by atoms with E-state index in [2.05, 4.69) is 14.5 Å². The van der Waals surface area contributed by atoms with Gasteiger partial charge in [0.15, 0.2) is 5.75 Å². The van der Waals surface area contributed by atoms with Crippen LogP contribution < -0.4 is 4.74 Å². The third kappa shape index (κ3) is 3.07. The second kappa shape index (κ2) is 4.69. The van der Waals surface area contributed by atoms with Crippen LogP contribution >= 0.6 is 0 Å². The molecule has 17 heavy (non-hydrogen) atoms. The fraction of sp³-hybridized carbons (Fsp3) is 0.222. The second-order valence-electron chi connectivity index (χ2n) is 2.71. The molecule has 0 fully saturated rings. The summed E-state index contributed by atoms with van der Waals surface area (Å²) in [5, 5.41) is 8.65. The molecule has 0 saturated heterocycles. The number of nitriles is 1. The third-order valence-electron chi connectivity index (χ3n) is 1.65. The molecule has 0 spiro atoms. The minimum absolute atomic E-state index is 0.362. The molecule has 0 aliphatic heterocycles. The molecule has 0 unspecified atom stereocenters. The van der Waals surface area contributed by atoms with Crippen molar-refractivity contribution in [3.05, 3.63) is 23.5 Å². The third-order valence-corrected chi connectivity index (χ3v) is 1.65. The van der Waals surface area contributed by atoms with E-state index in [0.29, 0.717) is 6.20 Å². The molecule has 5 nitrogen and oxygen atoms in total. The molecular weight excluding hydrogens is 241 g/mol. The Hall–Kier alpha value is -2.30. The largest absolute Gasteiger partial charge is 0.573 e. The van der Waals surface area contributed by atoms with Gasteiger partial charge in [0.25, 0.3) is 0 Å². The molecule has 1 aromatic rings. The quantitative estimate of drug-likeness (QED) is 0.741. The number of alkyl halides is 3. The zero-order valence-electron chi connectivity index (χ0n) is 8.41. The highest BCUT2D eigenvalue weighted by Gasteiger charge is 2.34. The maximum absolute atomic E-state index is 12.0. The van der Waals surface area contributed by atoms with Gasteiger partial charge in [-0.2, -0.15) is 5.26 Å². The Morgan fingerprint density at radius 2 is 2.12 bits per heavy atom. The Morgan fingerprint density at radius 1 is 1.47 bits per heavy atom. The van der Waals surface area contributed by atoms with Crippen molar-refractivity contribution in [2.75, 3.05) is 7.11 Å². The van der Waals surface area contributed by atoms with Crippen molar-refractivity contribution >= 4 is 5.97 Å². The van der Waals surface area contributed by atoms with Gasteiger partial charge in [-0.05, 0) is 0 Å². The molecule has 0 N–H and O–H groups in total. The van der Waals surface area contributed by atoms with Crippen LogP contribution in [-0.4, -0.2) is 24.4 Å². The molecule has 0 radical (unpaired) electrons. The van der Waals surface area contributed by atoms with Crippen molar-refractivity contribution in [2.45, 2.75) is 6.36 Å². The van der Waals surface area contributed by atoms with Crippen LogP contribution in [-0.2, 0) is 4.74 Å². The van der Waals surface area contributed by atoms with Gasteiger partial charge in [-0.15, -0.1) is 13.2 Å². The van der Waals surface area contributed by atoms with Gasteiger partial charge in [0.2, 0.25) is 0 Å². The van der Waals surface area contributed by atoms with E-state index in [1.807, 2.05) is 0 Å². The van der Waals surface area contributed by atoms with Gasteiger partial charge in [-0.25, -0.2) is 4.79 Å². The van der Waals surface area contributed by atoms with Crippen molar-refractivity contribution in [2.24, 2.45) is 0 Å². The Bertz CT molecular complexity index is 479. The van der Waals surface area contributed by atoms with E-state index in [1.54, 1.807) is 0 Å². The van der Waals surface area contributed by atoms with Crippen molar-refractivity contribution < 1.29 is 27.4 Å². The first-order valence-electron chi connectivity index (χ1n) is 4.11. The van der Waals surface area contributed by atoms with E-state index in [-0.39, 0.29) is 5.56 Å². The van der Waals surface area contributed by atoms with Gasteiger partial charge in [0.05, 0.1) is 18.9 Å². The summed E-state index contributed by atoms with van der Waals surface area (Å²) in [7, 11) is 0.973. The Labute approximate surface area is 93.4 Å². The topological polar surface area (TPSA) is 72.2 Å². The van der Waals surface area contributed by atoms with Crippen LogP contribution in [0.15, 0.2) is 12.4 Å². The average Bonchev–Trinajstić information content (AvgIpc) is 2.25. The minimum atomic E-state index is -4.99. The van der Waals surface area contributed by atoms with Crippen molar-refractivity contribution in [3.63, 3.8) is 0 Å². The van der Waals surface area contributed by atoms with E-state index < -0.39 is 23.6 Å². The van der Waals surface area contributed by atoms with Crippen LogP contribution in [0.5, 0.6) is 5.75 Å². The van der Waals surface area contributed by atoms with Crippen molar-refractivity contribution in [3.8, 4) is 11.8 Å². The minimum Gasteiger partial charge on any atom is -0.465 e. The number of halogens is 3. The van der Waals surface area contributed by atoms with Crippen LogP contribution in [0.4, 0.5) is 13.2 Å². The molecule has 0 atom stereocenters. The van der Waals surface area contributed by atoms with Crippen LogP contribution in [0.3, 0.4) is 0 Å². The lowest BCUT2D eigenvalue weighted by Gasteiger charge is -2.12. The summed E-state index contributed by atoms with van der Waals surface area (Å²) in [5.41, 5.74) is -0.971. The van der Waals surface area contributed by atoms with E-state index in [9.17, 15) is 18.0 Å². The fourth-order valence-electron chi connectivity index (χ4n) is 1.04. The SMILES string of the molecule is COC(=O)c1c(C#N)cncc1OC(F)(F)F. The van der Waals surface area contributed by atoms with Gasteiger partial charge >= 0.3 is 12.3 Å². The number of rotatable bonds is 2. The lowest BCUT2D eigenvalue weighted by Crippen LogP contribution is -2.20. The van der Waals surface area contributed by atoms with E-state index >= 15 is 0 Å². The standard InChI is InChI=1S/C9H5F3N2O3/c1-16-8(15)7-5(2-13)3-14-4-6(7)17-9(10,11)12/h3-4H,1H3. The number of carbonyl (C=O) groups is 1. The van der Waals surface area contributed by atoms with Crippen LogP contribution in [0, 0.1) is 11.3 Å². The predicted octanol–water partition coefficient (Wildman–Crippen LogP) is 1.64. The molecule has 1 heterocycles. The zero-order valence-corrected chi connectivity index (χ0v) is 8.41. The predicted molar refractivity (Wildman–Crippen MR) is 47.0 cm³/mol. The molecule has 0 bridgehead atoms. The molecular formula is C9H5F3N2O3. The zero-order chi connectivity index (χ0) is 13.1. The number of hydrogen-bond donors (Lipinski definition) is 0. The van der Waals surface area contributed by atoms with Gasteiger partial charge in [0.1, 0.15) is 11.6 Å². The molecule has 1 rings (SSSR count). The number of esters is 1. The first-order valence-corrected chi connectivity index (χ1v) is 4.11. The van der Waals surface area contributed by atoms with Gasteiger partial charge in [-0.3, -0.25) is 4.98 Å². The highest BCUT2D eigenvalue weighted by molar-refractivity contribution is 5.94. The fourth-order valence-corrected chi connectivity index (χ4v) is 1.04. The molecule has 8 heteroatoms. The number of nitrogens with zero attached hydrogens (tertiary/aromatic N) is 2. The second-order valence-corrected chi connectivity index (χ2v) is 2.71. The first-order chi connectivity index (χ1) is 7.89. The lowest BCUT2D eigenvalue weighted by molar-refractivity contribution is -0.274. The average molecular weight is 246 g/mol. The Balaban J connectivity index is 3.31. The summed E-state index contributed by atoms with van der Waals surface area (Å²) >= 11 is 0. The maximum atomic E-state index is 12.0. The molecule has 90 valence electrons. The summed E-state index contributed by atoms with van der Waals surface area (Å²) in [6.07, 6.45) is -3.37. The number of ether oxygens (including phenoxy) is 2. The summed E-state index contributed by atoms with van der Waals surface area (Å²) in [4.78, 5) is 14.6. The normalized spacial score (nSPS) is 10.5. The monoisotopic (exact) mass is 246 g/mol. The molecule has 0 aliphatic rings. The van der Waals surface area contributed by atoms with Gasteiger partial charge in [0, 0.05) is 6.20 Å². The van der Waals surface area contributed by atoms with Gasteiger partial charge < -0.3 is 9.47 Å². The summed E-state index contributed by atoms with van der Waals surface area (Å²) < 4.78 is 44.0. The van der Waals surface area contributed by atoms with E-state index in [4.69, 9.17) is 5.26 Å². The molecule has 0 saturated carbocycles. The molecule has 0 aromatic carbocycles. The summed E-state index contributed by atoms with van der Waals surface area (Å²) in [6, 6.07) is 1.53. The summed E-state index contributed by atoms with van der Waals surface area (Å²) in [5.74, 6) is -1.98. The summed E-state index contributed by atoms with van der Waals surface area (Å²) in [6.45, 7) is 0. The van der Waals surface area contributed by atoms with E-state index in [1.165, 1.54) is 6.07 Å². The smallest absolute Gasteiger partial charge is 0.465 e. The number of aromatic nitrogens is 1. The van der Waals surface area contributed by atoms with Crippen LogP contribution in [0.1, 0.15) is 15.9 Å². The highest BCUT2D eigenvalue weighted by Crippen LogP contribution is 2.27. The number of carbonyl (C=O) groups excluding carboxylic acids is 1. The molecule has 0 amide bonds. The highest BCUT2D eigenvalue weighted by atomic mass is 19.4.